The third-order valence-electron chi connectivity index (χ3n) is 5.74. The number of likely N-dealkylation sites (tertiary alicyclic amines) is 1. The van der Waals surface area contributed by atoms with Gasteiger partial charge in [0.2, 0.25) is 0 Å². The molecule has 1 aliphatic heterocycles. The van der Waals surface area contributed by atoms with Gasteiger partial charge < -0.3 is 4.90 Å². The molecule has 148 valence electrons. The van der Waals surface area contributed by atoms with Gasteiger partial charge in [-0.3, -0.25) is 14.8 Å². The molecule has 1 aromatic carbocycles. The van der Waals surface area contributed by atoms with Crippen LogP contribution in [0.2, 0.25) is 0 Å². The molecule has 5 rings (SSSR count). The van der Waals surface area contributed by atoms with Crippen LogP contribution >= 0.6 is 0 Å². The van der Waals surface area contributed by atoms with Crippen LogP contribution in [0.3, 0.4) is 0 Å². The summed E-state index contributed by atoms with van der Waals surface area (Å²) in [5.41, 5.74) is 4.50. The van der Waals surface area contributed by atoms with E-state index in [0.29, 0.717) is 11.5 Å². The normalized spacial score (nSPS) is 14.7. The molecule has 1 fully saturated rings. The summed E-state index contributed by atoms with van der Waals surface area (Å²) in [6.07, 6.45) is 10.5. The SMILES string of the molecule is O=C(c1cccc2cccnc12)N1CCC(c2ccc(-c3cncnc3)cn2)CC1. The highest BCUT2D eigenvalue weighted by atomic mass is 16.2. The maximum absolute atomic E-state index is 13.1. The predicted octanol–water partition coefficient (Wildman–Crippen LogP) is 4.11. The molecule has 0 radical (unpaired) electrons. The zero-order chi connectivity index (χ0) is 20.3. The van der Waals surface area contributed by atoms with Gasteiger partial charge in [-0.05, 0) is 31.0 Å². The lowest BCUT2D eigenvalue weighted by Gasteiger charge is -2.32. The standard InChI is InChI=1S/C24H21N5O/c30-24(21-5-1-3-18-4-2-10-27-23(18)21)29-11-8-17(9-12-29)22-7-6-19(15-28-22)20-13-25-16-26-14-20/h1-7,10,13-17H,8-9,11-12H2. The summed E-state index contributed by atoms with van der Waals surface area (Å²) < 4.78 is 0. The molecule has 0 saturated carbocycles. The van der Waals surface area contributed by atoms with E-state index >= 15 is 0 Å². The van der Waals surface area contributed by atoms with Crippen LogP contribution in [0, 0.1) is 0 Å². The molecule has 30 heavy (non-hydrogen) atoms. The smallest absolute Gasteiger partial charge is 0.256 e. The summed E-state index contributed by atoms with van der Waals surface area (Å²) in [6, 6.07) is 13.8. The van der Waals surface area contributed by atoms with Gasteiger partial charge in [-0.1, -0.05) is 24.3 Å². The number of carbonyl (C=O) groups excluding carboxylic acids is 1. The number of nitrogens with zero attached hydrogens (tertiary/aromatic N) is 5. The lowest BCUT2D eigenvalue weighted by molar-refractivity contribution is 0.0714. The molecular weight excluding hydrogens is 374 g/mol. The molecular formula is C24H21N5O. The number of benzene rings is 1. The van der Waals surface area contributed by atoms with E-state index < -0.39 is 0 Å². The van der Waals surface area contributed by atoms with E-state index in [1.807, 2.05) is 41.4 Å². The van der Waals surface area contributed by atoms with Crippen LogP contribution in [-0.4, -0.2) is 43.8 Å². The van der Waals surface area contributed by atoms with Crippen molar-refractivity contribution in [1.82, 2.24) is 24.8 Å². The van der Waals surface area contributed by atoms with Crippen molar-refractivity contribution in [2.24, 2.45) is 0 Å². The quantitative estimate of drug-likeness (QED) is 0.522. The van der Waals surface area contributed by atoms with E-state index in [9.17, 15) is 4.79 Å². The topological polar surface area (TPSA) is 71.9 Å². The van der Waals surface area contributed by atoms with Gasteiger partial charge in [0.15, 0.2) is 0 Å². The van der Waals surface area contributed by atoms with Gasteiger partial charge in [-0.15, -0.1) is 0 Å². The highest BCUT2D eigenvalue weighted by Gasteiger charge is 2.26. The van der Waals surface area contributed by atoms with Crippen LogP contribution < -0.4 is 0 Å². The second kappa shape index (κ2) is 7.99. The van der Waals surface area contributed by atoms with Gasteiger partial charge in [0.25, 0.3) is 5.91 Å². The van der Waals surface area contributed by atoms with Crippen molar-refractivity contribution >= 4 is 16.8 Å². The Bertz CT molecular complexity index is 1160. The van der Waals surface area contributed by atoms with Crippen molar-refractivity contribution < 1.29 is 4.79 Å². The minimum absolute atomic E-state index is 0.0603. The lowest BCUT2D eigenvalue weighted by atomic mass is 9.92. The van der Waals surface area contributed by atoms with Crippen molar-refractivity contribution in [1.29, 1.82) is 0 Å². The Balaban J connectivity index is 1.28. The number of hydrogen-bond donors (Lipinski definition) is 0. The van der Waals surface area contributed by atoms with Gasteiger partial charge >= 0.3 is 0 Å². The van der Waals surface area contributed by atoms with Crippen LogP contribution in [0.15, 0.2) is 73.6 Å². The van der Waals surface area contributed by atoms with E-state index in [1.54, 1.807) is 18.6 Å². The van der Waals surface area contributed by atoms with Crippen LogP contribution in [0.1, 0.15) is 34.8 Å². The summed E-state index contributed by atoms with van der Waals surface area (Å²) in [5.74, 6) is 0.422. The fourth-order valence-electron chi connectivity index (χ4n) is 4.09. The molecule has 1 amide bonds. The van der Waals surface area contributed by atoms with Gasteiger partial charge in [0.1, 0.15) is 6.33 Å². The van der Waals surface area contributed by atoms with Gasteiger partial charge in [0.05, 0.1) is 11.1 Å². The highest BCUT2D eigenvalue weighted by Crippen LogP contribution is 2.29. The molecule has 0 spiro atoms. The van der Waals surface area contributed by atoms with Gasteiger partial charge in [-0.2, -0.15) is 0 Å². The van der Waals surface area contributed by atoms with Crippen molar-refractivity contribution in [3.05, 3.63) is 84.8 Å². The molecule has 3 aromatic heterocycles. The molecule has 4 heterocycles. The first kappa shape index (κ1) is 18.4. The van der Waals surface area contributed by atoms with Crippen LogP contribution in [0.4, 0.5) is 0 Å². The number of carbonyl (C=O) groups is 1. The third kappa shape index (κ3) is 3.52. The number of para-hydroxylation sites is 1. The number of piperidine rings is 1. The average Bonchev–Trinajstić information content (AvgIpc) is 2.84. The molecule has 0 N–H and O–H groups in total. The molecule has 0 atom stereocenters. The van der Waals surface area contributed by atoms with Gasteiger partial charge in [-0.25, -0.2) is 9.97 Å². The summed E-state index contributed by atoms with van der Waals surface area (Å²) in [5, 5.41) is 0.992. The Morgan fingerprint density at radius 3 is 2.43 bits per heavy atom. The second-order valence-electron chi connectivity index (χ2n) is 7.55. The number of amides is 1. The van der Waals surface area contributed by atoms with E-state index in [1.165, 1.54) is 6.33 Å². The summed E-state index contributed by atoms with van der Waals surface area (Å²) in [7, 11) is 0. The minimum atomic E-state index is 0.0603. The van der Waals surface area contributed by atoms with Crippen LogP contribution in [0.5, 0.6) is 0 Å². The van der Waals surface area contributed by atoms with E-state index in [2.05, 4.69) is 32.1 Å². The third-order valence-corrected chi connectivity index (χ3v) is 5.74. The Hall–Kier alpha value is -3.67. The van der Waals surface area contributed by atoms with Crippen molar-refractivity contribution in [3.63, 3.8) is 0 Å². The summed E-state index contributed by atoms with van der Waals surface area (Å²) in [4.78, 5) is 32.3. The maximum atomic E-state index is 13.1. The Labute approximate surface area is 174 Å². The lowest BCUT2D eigenvalue weighted by Crippen LogP contribution is -2.38. The predicted molar refractivity (Wildman–Crippen MR) is 115 cm³/mol. The molecule has 6 nitrogen and oxygen atoms in total. The van der Waals surface area contributed by atoms with Crippen molar-refractivity contribution in [2.75, 3.05) is 13.1 Å². The van der Waals surface area contributed by atoms with Crippen molar-refractivity contribution in [2.45, 2.75) is 18.8 Å². The summed E-state index contributed by atoms with van der Waals surface area (Å²) >= 11 is 0. The maximum Gasteiger partial charge on any atom is 0.256 e. The fraction of sp³-hybridized carbons (Fsp3) is 0.208. The largest absolute Gasteiger partial charge is 0.339 e. The molecule has 1 saturated heterocycles. The first-order valence-electron chi connectivity index (χ1n) is 10.1. The first-order chi connectivity index (χ1) is 14.8. The number of hydrogen-bond acceptors (Lipinski definition) is 5. The molecule has 4 aromatic rings. The molecule has 0 aliphatic carbocycles. The van der Waals surface area contributed by atoms with Crippen LogP contribution in [0.25, 0.3) is 22.0 Å². The Morgan fingerprint density at radius 1 is 0.867 bits per heavy atom. The molecule has 0 unspecified atom stereocenters. The monoisotopic (exact) mass is 395 g/mol. The number of pyridine rings is 2. The zero-order valence-electron chi connectivity index (χ0n) is 16.5. The van der Waals surface area contributed by atoms with Crippen LogP contribution in [-0.2, 0) is 0 Å². The molecule has 6 heteroatoms. The highest BCUT2D eigenvalue weighted by molar-refractivity contribution is 6.05. The zero-order valence-corrected chi connectivity index (χ0v) is 16.5. The Kier molecular flexibility index (Phi) is 4.89. The first-order valence-corrected chi connectivity index (χ1v) is 10.1. The van der Waals surface area contributed by atoms with Gasteiger partial charge in [0, 0.05) is 66.0 Å². The molecule has 1 aliphatic rings. The number of rotatable bonds is 3. The molecule has 0 bridgehead atoms. The fourth-order valence-corrected chi connectivity index (χ4v) is 4.09. The average molecular weight is 395 g/mol. The van der Waals surface area contributed by atoms with E-state index in [0.717, 1.165) is 53.7 Å². The minimum Gasteiger partial charge on any atom is -0.339 e. The summed E-state index contributed by atoms with van der Waals surface area (Å²) in [6.45, 7) is 1.45. The van der Waals surface area contributed by atoms with E-state index in [4.69, 9.17) is 0 Å². The number of fused-ring (bicyclic) bond motifs is 1. The van der Waals surface area contributed by atoms with E-state index in [-0.39, 0.29) is 5.91 Å². The Morgan fingerprint density at radius 2 is 1.67 bits per heavy atom. The van der Waals surface area contributed by atoms with Crippen molar-refractivity contribution in [3.8, 4) is 11.1 Å². The second-order valence-corrected chi connectivity index (χ2v) is 7.55. The number of aromatic nitrogens is 4.